The van der Waals surface area contributed by atoms with Crippen molar-refractivity contribution in [1.29, 1.82) is 0 Å². The second-order valence-corrected chi connectivity index (χ2v) is 3.77. The van der Waals surface area contributed by atoms with Crippen LogP contribution in [0.25, 0.3) is 22.0 Å². The highest BCUT2D eigenvalue weighted by Gasteiger charge is 2.09. The Balaban J connectivity index is 2.45. The van der Waals surface area contributed by atoms with E-state index in [1.165, 1.54) is 0 Å². The molecule has 0 amide bonds. The molecule has 3 aromatic rings. The summed E-state index contributed by atoms with van der Waals surface area (Å²) in [6.45, 7) is 0. The maximum atomic E-state index is 11.8. The molecule has 0 aliphatic carbocycles. The minimum Gasteiger partial charge on any atom is -0.372 e. The third-order valence-corrected chi connectivity index (χ3v) is 2.68. The Morgan fingerprint density at radius 1 is 1.06 bits per heavy atom. The largest absolute Gasteiger partial charge is 0.419 e. The molecular weight excluding hydrogens is 232 g/mol. The summed E-state index contributed by atoms with van der Waals surface area (Å²) in [4.78, 5) is 29.3. The molecular formula is C13H8N2O3. The molecule has 2 aromatic heterocycles. The molecule has 1 aromatic carbocycles. The van der Waals surface area contributed by atoms with E-state index in [1.807, 2.05) is 0 Å². The number of nitrogens with one attached hydrogen (secondary N) is 1. The van der Waals surface area contributed by atoms with Gasteiger partial charge in [0.1, 0.15) is 0 Å². The van der Waals surface area contributed by atoms with Crippen LogP contribution in [0, 0.1) is 0 Å². The van der Waals surface area contributed by atoms with Crippen molar-refractivity contribution in [3.05, 3.63) is 63.7 Å². The molecule has 0 fully saturated rings. The van der Waals surface area contributed by atoms with Gasteiger partial charge in [-0.1, -0.05) is 12.1 Å². The van der Waals surface area contributed by atoms with Crippen molar-refractivity contribution >= 4 is 10.9 Å². The molecule has 18 heavy (non-hydrogen) atoms. The molecule has 0 atom stereocenters. The maximum Gasteiger partial charge on any atom is 0.419 e. The van der Waals surface area contributed by atoms with E-state index < -0.39 is 11.4 Å². The Kier molecular flexibility index (Phi) is 2.30. The Morgan fingerprint density at radius 2 is 1.83 bits per heavy atom. The summed E-state index contributed by atoms with van der Waals surface area (Å²) in [5, 5.41) is 0.364. The van der Waals surface area contributed by atoms with Gasteiger partial charge in [0.05, 0.1) is 10.9 Å². The number of aromatic nitrogens is 2. The molecule has 0 saturated carbocycles. The van der Waals surface area contributed by atoms with Crippen molar-refractivity contribution in [2.24, 2.45) is 0 Å². The molecule has 2 heterocycles. The van der Waals surface area contributed by atoms with E-state index in [-0.39, 0.29) is 0 Å². The average molecular weight is 240 g/mol. The fourth-order valence-corrected chi connectivity index (χ4v) is 1.92. The first-order chi connectivity index (χ1) is 8.75. The Labute approximate surface area is 101 Å². The highest BCUT2D eigenvalue weighted by atomic mass is 16.4. The molecule has 0 unspecified atom stereocenters. The number of nitrogens with zero attached hydrogens (tertiary/aromatic N) is 1. The highest BCUT2D eigenvalue weighted by molar-refractivity contribution is 5.93. The van der Waals surface area contributed by atoms with Gasteiger partial charge in [0.2, 0.25) is 0 Å². The first kappa shape index (κ1) is 10.5. The third kappa shape index (κ3) is 1.62. The summed E-state index contributed by atoms with van der Waals surface area (Å²) >= 11 is 0. The number of H-pyrrole nitrogens is 1. The lowest BCUT2D eigenvalue weighted by atomic mass is 10.0. The second kappa shape index (κ2) is 3.96. The summed E-state index contributed by atoms with van der Waals surface area (Å²) in [7, 11) is 0. The van der Waals surface area contributed by atoms with Crippen LogP contribution in [0.3, 0.4) is 0 Å². The van der Waals surface area contributed by atoms with Gasteiger partial charge in [-0.25, -0.2) is 9.59 Å². The van der Waals surface area contributed by atoms with Crippen LogP contribution in [0.5, 0.6) is 0 Å². The summed E-state index contributed by atoms with van der Waals surface area (Å²) in [6.07, 6.45) is 3.28. The molecule has 0 radical (unpaired) electrons. The van der Waals surface area contributed by atoms with E-state index in [9.17, 15) is 9.59 Å². The van der Waals surface area contributed by atoms with Crippen LogP contribution < -0.4 is 11.4 Å². The van der Waals surface area contributed by atoms with Gasteiger partial charge in [0.15, 0.2) is 0 Å². The lowest BCUT2D eigenvalue weighted by Crippen LogP contribution is -2.15. The SMILES string of the molecule is O=c1[nH]c2cccc(-c3ccncc3)c2c(=O)o1. The fourth-order valence-electron chi connectivity index (χ4n) is 1.92. The van der Waals surface area contributed by atoms with Crippen LogP contribution in [0.2, 0.25) is 0 Å². The summed E-state index contributed by atoms with van der Waals surface area (Å²) in [6, 6.07) is 8.82. The minimum atomic E-state index is -0.751. The topological polar surface area (TPSA) is 76.0 Å². The number of hydrogen-bond donors (Lipinski definition) is 1. The maximum absolute atomic E-state index is 11.8. The monoisotopic (exact) mass is 240 g/mol. The Hall–Kier alpha value is -2.69. The van der Waals surface area contributed by atoms with Crippen LogP contribution in [0.1, 0.15) is 0 Å². The van der Waals surface area contributed by atoms with E-state index in [2.05, 4.69) is 14.4 Å². The van der Waals surface area contributed by atoms with Crippen molar-refractivity contribution in [3.8, 4) is 11.1 Å². The molecule has 0 aliphatic rings. The Bertz CT molecular complexity index is 819. The van der Waals surface area contributed by atoms with Crippen molar-refractivity contribution < 1.29 is 4.42 Å². The average Bonchev–Trinajstić information content (AvgIpc) is 2.38. The smallest absolute Gasteiger partial charge is 0.372 e. The van der Waals surface area contributed by atoms with E-state index in [4.69, 9.17) is 0 Å². The summed E-state index contributed by atoms with van der Waals surface area (Å²) < 4.78 is 4.57. The van der Waals surface area contributed by atoms with Crippen molar-refractivity contribution in [2.75, 3.05) is 0 Å². The van der Waals surface area contributed by atoms with Gasteiger partial charge in [0, 0.05) is 12.4 Å². The standard InChI is InChI=1S/C13H8N2O3/c16-12-11-9(8-4-6-14-7-5-8)2-1-3-10(11)15-13(17)18-12/h1-7H,(H,15,17). The van der Waals surface area contributed by atoms with Gasteiger partial charge >= 0.3 is 11.4 Å². The molecule has 5 nitrogen and oxygen atoms in total. The number of rotatable bonds is 1. The van der Waals surface area contributed by atoms with E-state index in [1.54, 1.807) is 42.7 Å². The normalized spacial score (nSPS) is 10.7. The van der Waals surface area contributed by atoms with Crippen LogP contribution in [0.15, 0.2) is 56.7 Å². The van der Waals surface area contributed by atoms with Crippen LogP contribution in [-0.4, -0.2) is 9.97 Å². The molecule has 0 bridgehead atoms. The molecule has 3 rings (SSSR count). The second-order valence-electron chi connectivity index (χ2n) is 3.77. The van der Waals surface area contributed by atoms with Gasteiger partial charge in [-0.15, -0.1) is 0 Å². The highest BCUT2D eigenvalue weighted by Crippen LogP contribution is 2.23. The molecule has 0 saturated heterocycles. The molecule has 1 N–H and O–H groups in total. The third-order valence-electron chi connectivity index (χ3n) is 2.68. The number of benzene rings is 1. The van der Waals surface area contributed by atoms with Crippen LogP contribution in [-0.2, 0) is 0 Å². The number of fused-ring (bicyclic) bond motifs is 1. The quantitative estimate of drug-likeness (QED) is 0.700. The van der Waals surface area contributed by atoms with Crippen molar-refractivity contribution in [3.63, 3.8) is 0 Å². The predicted octanol–water partition coefficient (Wildman–Crippen LogP) is 1.54. The Morgan fingerprint density at radius 3 is 2.61 bits per heavy atom. The molecule has 88 valence electrons. The molecule has 5 heteroatoms. The zero-order valence-electron chi connectivity index (χ0n) is 9.21. The fraction of sp³-hybridized carbons (Fsp3) is 0. The first-order valence-corrected chi connectivity index (χ1v) is 5.32. The minimum absolute atomic E-state index is 0.364. The van der Waals surface area contributed by atoms with E-state index in [0.717, 1.165) is 5.56 Å². The number of pyridine rings is 1. The van der Waals surface area contributed by atoms with Gasteiger partial charge in [-0.2, -0.15) is 0 Å². The van der Waals surface area contributed by atoms with Gasteiger partial charge in [-0.3, -0.25) is 9.97 Å². The van der Waals surface area contributed by atoms with Crippen LogP contribution >= 0.6 is 0 Å². The predicted molar refractivity (Wildman–Crippen MR) is 66.3 cm³/mol. The summed E-state index contributed by atoms with van der Waals surface area (Å²) in [5.41, 5.74) is 1.38. The molecule has 0 spiro atoms. The first-order valence-electron chi connectivity index (χ1n) is 5.32. The number of aromatic amines is 1. The van der Waals surface area contributed by atoms with Crippen LogP contribution in [0.4, 0.5) is 0 Å². The zero-order chi connectivity index (χ0) is 12.5. The number of hydrogen-bond acceptors (Lipinski definition) is 4. The zero-order valence-corrected chi connectivity index (χ0v) is 9.21. The van der Waals surface area contributed by atoms with Gasteiger partial charge < -0.3 is 4.42 Å². The van der Waals surface area contributed by atoms with Gasteiger partial charge in [-0.05, 0) is 29.3 Å². The van der Waals surface area contributed by atoms with Gasteiger partial charge in [0.25, 0.3) is 0 Å². The lowest BCUT2D eigenvalue weighted by molar-refractivity contribution is 0.460. The molecule has 0 aliphatic heterocycles. The van der Waals surface area contributed by atoms with Crippen molar-refractivity contribution in [1.82, 2.24) is 9.97 Å². The van der Waals surface area contributed by atoms with E-state index in [0.29, 0.717) is 16.5 Å². The van der Waals surface area contributed by atoms with Crippen molar-refractivity contribution in [2.45, 2.75) is 0 Å². The van der Waals surface area contributed by atoms with E-state index >= 15 is 0 Å². The summed E-state index contributed by atoms with van der Waals surface area (Å²) in [5.74, 6) is -0.751. The lowest BCUT2D eigenvalue weighted by Gasteiger charge is -2.04.